The molecule has 1 saturated heterocycles. The average Bonchev–Trinajstić information content (AvgIpc) is 3.50. The lowest BCUT2D eigenvalue weighted by molar-refractivity contribution is -0.137. The largest absolute Gasteiger partial charge is 0.462 e. The van der Waals surface area contributed by atoms with Gasteiger partial charge >= 0.3 is 17.0 Å². The van der Waals surface area contributed by atoms with Crippen molar-refractivity contribution in [2.24, 2.45) is 5.92 Å². The molecule has 3 amide bonds. The van der Waals surface area contributed by atoms with Crippen molar-refractivity contribution in [1.82, 2.24) is 4.57 Å². The Hall–Kier alpha value is -4.69. The third kappa shape index (κ3) is 6.61. The van der Waals surface area contributed by atoms with E-state index in [1.54, 1.807) is 6.92 Å². The summed E-state index contributed by atoms with van der Waals surface area (Å²) in [5.74, 6) is -4.24. The lowest BCUT2D eigenvalue weighted by Gasteiger charge is -2.31. The molecule has 1 aromatic heterocycles. The molecule has 50 heavy (non-hydrogen) atoms. The number of halogens is 3. The van der Waals surface area contributed by atoms with E-state index in [1.165, 1.54) is 34.9 Å². The summed E-state index contributed by atoms with van der Waals surface area (Å²) in [6.45, 7) is 7.63. The Balaban J connectivity index is 1.37. The number of rotatable bonds is 7. The fourth-order valence-electron chi connectivity index (χ4n) is 6.13. The molecule has 1 fully saturated rings. The van der Waals surface area contributed by atoms with Gasteiger partial charge in [-0.25, -0.2) is 9.69 Å². The lowest BCUT2D eigenvalue weighted by atomic mass is 9.81. The van der Waals surface area contributed by atoms with Crippen LogP contribution in [0.1, 0.15) is 65.5 Å². The van der Waals surface area contributed by atoms with Crippen LogP contribution < -0.4 is 15.1 Å². The highest BCUT2D eigenvalue weighted by Crippen LogP contribution is 2.54. The molecule has 0 aliphatic carbocycles. The third-order valence-electron chi connectivity index (χ3n) is 8.60. The summed E-state index contributed by atoms with van der Waals surface area (Å²) in [6.07, 6.45) is -4.69. The molecule has 0 saturated carbocycles. The van der Waals surface area contributed by atoms with Gasteiger partial charge in [-0.05, 0) is 65.9 Å². The fourth-order valence-corrected chi connectivity index (χ4v) is 8.90. The number of carbonyl (C=O) groups is 4. The first kappa shape index (κ1) is 35.1. The molecule has 0 spiro atoms. The number of anilines is 2. The summed E-state index contributed by atoms with van der Waals surface area (Å²) in [5.41, 5.74) is 0.965. The zero-order valence-electron chi connectivity index (χ0n) is 27.4. The normalized spacial score (nSPS) is 18.9. The van der Waals surface area contributed by atoms with Gasteiger partial charge in [0.25, 0.3) is 0 Å². The summed E-state index contributed by atoms with van der Waals surface area (Å²) in [4.78, 5) is 67.7. The van der Waals surface area contributed by atoms with Gasteiger partial charge in [-0.1, -0.05) is 74.2 Å². The van der Waals surface area contributed by atoms with E-state index >= 15 is 0 Å². The molecule has 1 N–H and O–H groups in total. The Kier molecular flexibility index (Phi) is 9.29. The third-order valence-corrected chi connectivity index (χ3v) is 11.2. The van der Waals surface area contributed by atoms with Crippen LogP contribution in [0, 0.1) is 5.92 Å². The van der Waals surface area contributed by atoms with Gasteiger partial charge in [0, 0.05) is 16.5 Å². The van der Waals surface area contributed by atoms with E-state index in [2.05, 4.69) is 5.32 Å². The monoisotopic (exact) mass is 723 g/mol. The second-order valence-corrected chi connectivity index (χ2v) is 15.1. The van der Waals surface area contributed by atoms with Crippen LogP contribution in [-0.2, 0) is 37.3 Å². The van der Waals surface area contributed by atoms with Crippen molar-refractivity contribution in [3.63, 3.8) is 0 Å². The molecular weight excluding hydrogens is 692 g/mol. The summed E-state index contributed by atoms with van der Waals surface area (Å²) in [7, 11) is 0. The molecule has 2 aliphatic rings. The second-order valence-electron chi connectivity index (χ2n) is 12.9. The van der Waals surface area contributed by atoms with Crippen LogP contribution in [0.25, 0.3) is 0 Å². The Morgan fingerprint density at radius 3 is 2.20 bits per heavy atom. The number of imide groups is 1. The van der Waals surface area contributed by atoms with Crippen LogP contribution in [0.15, 0.2) is 82.6 Å². The number of carbonyl (C=O) groups excluding carboxylic acids is 4. The molecule has 0 unspecified atom stereocenters. The second kappa shape index (κ2) is 13.2. The minimum absolute atomic E-state index is 0.186. The first-order chi connectivity index (χ1) is 23.6. The molecule has 0 bridgehead atoms. The summed E-state index contributed by atoms with van der Waals surface area (Å²) in [5, 5.41) is 1.97. The summed E-state index contributed by atoms with van der Waals surface area (Å²) < 4.78 is 47.1. The van der Waals surface area contributed by atoms with E-state index in [1.807, 2.05) is 45.0 Å². The van der Waals surface area contributed by atoms with Crippen LogP contribution in [-0.4, -0.2) is 40.1 Å². The van der Waals surface area contributed by atoms with Crippen LogP contribution in [0.2, 0.25) is 0 Å². The van der Waals surface area contributed by atoms with Crippen molar-refractivity contribution in [3.05, 3.63) is 110 Å². The van der Waals surface area contributed by atoms with E-state index < -0.39 is 63.9 Å². The van der Waals surface area contributed by atoms with E-state index in [0.717, 1.165) is 51.8 Å². The number of aromatic nitrogens is 1. The number of esters is 1. The van der Waals surface area contributed by atoms with Crippen LogP contribution in [0.4, 0.5) is 24.5 Å². The Labute approximate surface area is 293 Å². The maximum Gasteiger partial charge on any atom is 0.416 e. The molecule has 260 valence electrons. The summed E-state index contributed by atoms with van der Waals surface area (Å²) >= 11 is 1.83. The standard InChI is InChI=1S/C36H32F3N3O6S2/c1-5-48-33(46)20-11-15-23(16-12-20)40-25(43)18-41-32-29(50-34(41)47)26(19-9-13-21(14-10-19)35(2,3)4)27-28(49-32)31(45)42(30(27)44)24-8-6-7-22(17-24)36(37,38)39/h6-17,26-28H,5,18H2,1-4H3,(H,40,43)/t26-,27+,28-/m0/s1. The zero-order chi connectivity index (χ0) is 36.1. The Bertz CT molecular complexity index is 2050. The van der Waals surface area contributed by atoms with Crippen LogP contribution >= 0.6 is 23.1 Å². The number of ether oxygens (including phenoxy) is 1. The molecule has 3 heterocycles. The first-order valence-corrected chi connectivity index (χ1v) is 17.4. The SMILES string of the molecule is CCOC(=O)c1ccc(NC(=O)Cn2c3c(sc2=O)[C@@H](c2ccc(C(C)(C)C)cc2)[C@H]2C(=O)N(c4cccc(C(F)(F)F)c4)C(=O)[C@H]2S3)cc1. The van der Waals surface area contributed by atoms with Crippen LogP contribution in [0.5, 0.6) is 0 Å². The smallest absolute Gasteiger partial charge is 0.416 e. The van der Waals surface area contributed by atoms with E-state index in [4.69, 9.17) is 4.74 Å². The average molecular weight is 724 g/mol. The van der Waals surface area contributed by atoms with Gasteiger partial charge in [-0.3, -0.25) is 23.7 Å². The first-order valence-electron chi connectivity index (χ1n) is 15.7. The summed E-state index contributed by atoms with van der Waals surface area (Å²) in [6, 6.07) is 17.6. The molecule has 3 atom stereocenters. The minimum Gasteiger partial charge on any atom is -0.462 e. The van der Waals surface area contributed by atoms with Gasteiger partial charge in [0.2, 0.25) is 17.7 Å². The van der Waals surface area contributed by atoms with Crippen molar-refractivity contribution in [2.75, 3.05) is 16.8 Å². The predicted molar refractivity (Wildman–Crippen MR) is 184 cm³/mol. The maximum atomic E-state index is 14.1. The number of thiazole rings is 1. The van der Waals surface area contributed by atoms with Gasteiger partial charge in [0.1, 0.15) is 11.8 Å². The number of hydrogen-bond donors (Lipinski definition) is 1. The van der Waals surface area contributed by atoms with Gasteiger partial charge in [0.15, 0.2) is 0 Å². The number of hydrogen-bond acceptors (Lipinski definition) is 8. The van der Waals surface area contributed by atoms with Crippen molar-refractivity contribution >= 4 is 58.2 Å². The molecule has 14 heteroatoms. The topological polar surface area (TPSA) is 115 Å². The number of benzene rings is 3. The number of alkyl halides is 3. The van der Waals surface area contributed by atoms with Gasteiger partial charge in [-0.2, -0.15) is 13.2 Å². The quantitative estimate of drug-likeness (QED) is 0.164. The van der Waals surface area contributed by atoms with Gasteiger partial charge in [-0.15, -0.1) is 0 Å². The predicted octanol–water partition coefficient (Wildman–Crippen LogP) is 6.84. The molecule has 0 radical (unpaired) electrons. The number of nitrogens with zero attached hydrogens (tertiary/aromatic N) is 2. The minimum atomic E-state index is -4.69. The van der Waals surface area contributed by atoms with Crippen molar-refractivity contribution in [1.29, 1.82) is 0 Å². The van der Waals surface area contributed by atoms with Crippen molar-refractivity contribution in [3.8, 4) is 0 Å². The van der Waals surface area contributed by atoms with Crippen molar-refractivity contribution in [2.45, 2.75) is 62.0 Å². The number of nitrogens with one attached hydrogen (secondary N) is 1. The zero-order valence-corrected chi connectivity index (χ0v) is 29.0. The van der Waals surface area contributed by atoms with E-state index in [9.17, 15) is 37.1 Å². The van der Waals surface area contributed by atoms with Crippen LogP contribution in [0.3, 0.4) is 0 Å². The van der Waals surface area contributed by atoms with Crippen molar-refractivity contribution < 1.29 is 37.1 Å². The highest BCUT2D eigenvalue weighted by molar-refractivity contribution is 8.00. The van der Waals surface area contributed by atoms with Gasteiger partial charge in [0.05, 0.1) is 34.4 Å². The molecule has 9 nitrogen and oxygen atoms in total. The highest BCUT2D eigenvalue weighted by atomic mass is 32.2. The Morgan fingerprint density at radius 1 is 0.900 bits per heavy atom. The number of fused-ring (bicyclic) bond motifs is 2. The van der Waals surface area contributed by atoms with E-state index in [0.29, 0.717) is 26.7 Å². The molecule has 4 aromatic rings. The Morgan fingerprint density at radius 2 is 1.58 bits per heavy atom. The van der Waals surface area contributed by atoms with E-state index in [-0.39, 0.29) is 17.7 Å². The number of amides is 3. The highest BCUT2D eigenvalue weighted by Gasteiger charge is 2.57. The molecule has 6 rings (SSSR count). The lowest BCUT2D eigenvalue weighted by Crippen LogP contribution is -2.33. The maximum absolute atomic E-state index is 14.1. The molecule has 3 aromatic carbocycles. The fraction of sp³-hybridized carbons (Fsp3) is 0.306. The number of thioether (sulfide) groups is 1. The van der Waals surface area contributed by atoms with Gasteiger partial charge < -0.3 is 10.1 Å². The molecular formula is C36H32F3N3O6S2. The molecule has 2 aliphatic heterocycles.